The Kier molecular flexibility index (Phi) is 2.81. The normalized spacial score (nSPS) is 14.3. The predicted molar refractivity (Wildman–Crippen MR) is 69.8 cm³/mol. The summed E-state index contributed by atoms with van der Waals surface area (Å²) >= 11 is 0. The molecule has 0 radical (unpaired) electrons. The number of halogens is 2. The molecule has 3 rings (SSSR count). The van der Waals surface area contributed by atoms with Gasteiger partial charge in [-0.3, -0.25) is 0 Å². The summed E-state index contributed by atoms with van der Waals surface area (Å²) in [6.45, 7) is 1.14. The maximum Gasteiger partial charge on any atom is 0.168 e. The summed E-state index contributed by atoms with van der Waals surface area (Å²) in [6.07, 6.45) is 1.81. The van der Waals surface area contributed by atoms with Gasteiger partial charge in [0.25, 0.3) is 0 Å². The van der Waals surface area contributed by atoms with E-state index >= 15 is 0 Å². The van der Waals surface area contributed by atoms with Gasteiger partial charge in [-0.15, -0.1) is 0 Å². The molecule has 0 spiro atoms. The quantitative estimate of drug-likeness (QED) is 0.802. The fourth-order valence-corrected chi connectivity index (χ4v) is 2.43. The molecule has 1 aromatic heterocycles. The van der Waals surface area contributed by atoms with E-state index in [0.29, 0.717) is 18.8 Å². The second kappa shape index (κ2) is 4.50. The van der Waals surface area contributed by atoms with E-state index in [1.165, 1.54) is 5.56 Å². The predicted octanol–water partition coefficient (Wildman–Crippen LogP) is 2.50. The lowest BCUT2D eigenvalue weighted by atomic mass is 9.98. The Morgan fingerprint density at radius 2 is 2.11 bits per heavy atom. The number of nitrogens with zero attached hydrogens (tertiary/aromatic N) is 2. The van der Waals surface area contributed by atoms with Crippen LogP contribution in [0.25, 0.3) is 0 Å². The Balaban J connectivity index is 1.95. The van der Waals surface area contributed by atoms with Gasteiger partial charge in [0, 0.05) is 24.8 Å². The number of rotatable bonds is 1. The monoisotopic (exact) mass is 261 g/mol. The smallest absolute Gasteiger partial charge is 0.168 e. The summed E-state index contributed by atoms with van der Waals surface area (Å²) < 4.78 is 26.6. The molecule has 0 saturated heterocycles. The van der Waals surface area contributed by atoms with Gasteiger partial charge in [-0.1, -0.05) is 12.1 Å². The van der Waals surface area contributed by atoms with Crippen LogP contribution in [-0.2, 0) is 13.0 Å². The minimum atomic E-state index is -0.668. The standard InChI is InChI=1S/C14H13F2N3/c15-10-6-12(16)14(18-7-10)19-5-4-9-2-1-3-13(17)11(9)8-19/h1-3,6-7H,4-5,8,17H2. The van der Waals surface area contributed by atoms with Gasteiger partial charge in [-0.25, -0.2) is 13.8 Å². The van der Waals surface area contributed by atoms with Crippen LogP contribution in [0.3, 0.4) is 0 Å². The van der Waals surface area contributed by atoms with Crippen molar-refractivity contribution in [2.75, 3.05) is 17.2 Å². The third kappa shape index (κ3) is 2.12. The van der Waals surface area contributed by atoms with Crippen molar-refractivity contribution in [3.05, 3.63) is 53.2 Å². The van der Waals surface area contributed by atoms with Gasteiger partial charge in [0.1, 0.15) is 5.82 Å². The zero-order valence-corrected chi connectivity index (χ0v) is 10.2. The maximum atomic E-state index is 13.7. The molecule has 19 heavy (non-hydrogen) atoms. The summed E-state index contributed by atoms with van der Waals surface area (Å²) in [4.78, 5) is 5.62. The van der Waals surface area contributed by atoms with Gasteiger partial charge in [-0.2, -0.15) is 0 Å². The highest BCUT2D eigenvalue weighted by molar-refractivity contribution is 5.55. The SMILES string of the molecule is Nc1cccc2c1CN(c1ncc(F)cc1F)CC2. The van der Waals surface area contributed by atoms with Crippen molar-refractivity contribution in [2.45, 2.75) is 13.0 Å². The molecule has 2 aromatic rings. The number of pyridine rings is 1. The molecule has 1 aliphatic rings. The summed E-state index contributed by atoms with van der Waals surface area (Å²) in [5.41, 5.74) is 8.82. The van der Waals surface area contributed by atoms with E-state index in [1.54, 1.807) is 4.90 Å². The van der Waals surface area contributed by atoms with Crippen LogP contribution in [0.5, 0.6) is 0 Å². The highest BCUT2D eigenvalue weighted by Crippen LogP contribution is 2.28. The first-order valence-corrected chi connectivity index (χ1v) is 6.07. The van der Waals surface area contributed by atoms with Crippen LogP contribution in [-0.4, -0.2) is 11.5 Å². The van der Waals surface area contributed by atoms with Crippen LogP contribution in [0.4, 0.5) is 20.3 Å². The molecule has 0 saturated carbocycles. The zero-order chi connectivity index (χ0) is 13.4. The molecular weight excluding hydrogens is 248 g/mol. The number of aromatic nitrogens is 1. The largest absolute Gasteiger partial charge is 0.398 e. The average Bonchev–Trinajstić information content (AvgIpc) is 2.39. The van der Waals surface area contributed by atoms with Crippen LogP contribution >= 0.6 is 0 Å². The number of anilines is 2. The Bertz CT molecular complexity index is 628. The van der Waals surface area contributed by atoms with Crippen LogP contribution < -0.4 is 10.6 Å². The van der Waals surface area contributed by atoms with Gasteiger partial charge >= 0.3 is 0 Å². The van der Waals surface area contributed by atoms with E-state index in [0.717, 1.165) is 24.2 Å². The van der Waals surface area contributed by atoms with Crippen LogP contribution in [0.1, 0.15) is 11.1 Å². The molecule has 2 heterocycles. The fourth-order valence-electron chi connectivity index (χ4n) is 2.43. The third-order valence-electron chi connectivity index (χ3n) is 3.40. The number of nitrogen functional groups attached to an aromatic ring is 1. The summed E-state index contributed by atoms with van der Waals surface area (Å²) in [6, 6.07) is 6.63. The molecule has 0 unspecified atom stereocenters. The van der Waals surface area contributed by atoms with Crippen molar-refractivity contribution in [3.8, 4) is 0 Å². The Morgan fingerprint density at radius 3 is 2.89 bits per heavy atom. The molecule has 0 amide bonds. The lowest BCUT2D eigenvalue weighted by Gasteiger charge is -2.30. The first kappa shape index (κ1) is 11.9. The summed E-state index contributed by atoms with van der Waals surface area (Å²) in [7, 11) is 0. The second-order valence-corrected chi connectivity index (χ2v) is 4.62. The molecule has 2 N–H and O–H groups in total. The van der Waals surface area contributed by atoms with Gasteiger partial charge in [0.15, 0.2) is 11.6 Å². The minimum absolute atomic E-state index is 0.176. The fraction of sp³-hybridized carbons (Fsp3) is 0.214. The number of benzene rings is 1. The molecule has 0 aliphatic carbocycles. The van der Waals surface area contributed by atoms with E-state index in [9.17, 15) is 8.78 Å². The van der Waals surface area contributed by atoms with Crippen LogP contribution in [0, 0.1) is 11.6 Å². The molecule has 1 aromatic carbocycles. The minimum Gasteiger partial charge on any atom is -0.398 e. The lowest BCUT2D eigenvalue weighted by Crippen LogP contribution is -2.32. The van der Waals surface area contributed by atoms with Crippen molar-refractivity contribution < 1.29 is 8.78 Å². The molecule has 0 fully saturated rings. The highest BCUT2D eigenvalue weighted by Gasteiger charge is 2.21. The zero-order valence-electron chi connectivity index (χ0n) is 10.2. The van der Waals surface area contributed by atoms with Crippen molar-refractivity contribution in [1.82, 2.24) is 4.98 Å². The molecule has 0 bridgehead atoms. The summed E-state index contributed by atoms with van der Waals surface area (Å²) in [5, 5.41) is 0. The molecular formula is C14H13F2N3. The van der Waals surface area contributed by atoms with Crippen molar-refractivity contribution in [2.24, 2.45) is 0 Å². The molecule has 3 nitrogen and oxygen atoms in total. The second-order valence-electron chi connectivity index (χ2n) is 4.62. The first-order chi connectivity index (χ1) is 9.15. The van der Waals surface area contributed by atoms with Crippen molar-refractivity contribution in [1.29, 1.82) is 0 Å². The van der Waals surface area contributed by atoms with E-state index in [4.69, 9.17) is 5.73 Å². The van der Waals surface area contributed by atoms with Crippen molar-refractivity contribution >= 4 is 11.5 Å². The molecule has 0 atom stereocenters. The van der Waals surface area contributed by atoms with Crippen LogP contribution in [0.2, 0.25) is 0 Å². The third-order valence-corrected chi connectivity index (χ3v) is 3.40. The van der Waals surface area contributed by atoms with E-state index in [-0.39, 0.29) is 5.82 Å². The average molecular weight is 261 g/mol. The van der Waals surface area contributed by atoms with E-state index in [2.05, 4.69) is 4.98 Å². The number of fused-ring (bicyclic) bond motifs is 1. The molecule has 98 valence electrons. The van der Waals surface area contributed by atoms with Gasteiger partial charge in [0.2, 0.25) is 0 Å². The molecule has 5 heteroatoms. The number of hydrogen-bond donors (Lipinski definition) is 1. The lowest BCUT2D eigenvalue weighted by molar-refractivity contribution is 0.563. The topological polar surface area (TPSA) is 42.1 Å². The number of nitrogens with two attached hydrogens (primary N) is 1. The summed E-state index contributed by atoms with van der Waals surface area (Å²) in [5.74, 6) is -1.13. The van der Waals surface area contributed by atoms with Crippen molar-refractivity contribution in [3.63, 3.8) is 0 Å². The van der Waals surface area contributed by atoms with Crippen LogP contribution in [0.15, 0.2) is 30.5 Å². The first-order valence-electron chi connectivity index (χ1n) is 6.07. The Morgan fingerprint density at radius 1 is 1.26 bits per heavy atom. The Labute approximate surface area is 109 Å². The molecule has 1 aliphatic heterocycles. The maximum absolute atomic E-state index is 13.7. The van der Waals surface area contributed by atoms with E-state index < -0.39 is 11.6 Å². The van der Waals surface area contributed by atoms with Gasteiger partial charge in [0.05, 0.1) is 6.20 Å². The Hall–Kier alpha value is -2.17. The van der Waals surface area contributed by atoms with E-state index in [1.807, 2.05) is 18.2 Å². The van der Waals surface area contributed by atoms with Gasteiger partial charge < -0.3 is 10.6 Å². The highest BCUT2D eigenvalue weighted by atomic mass is 19.1. The van der Waals surface area contributed by atoms with Gasteiger partial charge in [-0.05, 0) is 23.6 Å². The number of hydrogen-bond acceptors (Lipinski definition) is 3.